The van der Waals surface area contributed by atoms with Crippen LogP contribution in [-0.2, 0) is 6.54 Å². The Hall–Kier alpha value is -3.26. The summed E-state index contributed by atoms with van der Waals surface area (Å²) in [6, 6.07) is 5.87. The van der Waals surface area contributed by atoms with Gasteiger partial charge in [0.05, 0.1) is 0 Å². The summed E-state index contributed by atoms with van der Waals surface area (Å²) in [7, 11) is 2.15. The summed E-state index contributed by atoms with van der Waals surface area (Å²) in [6.45, 7) is 5.43. The van der Waals surface area contributed by atoms with Gasteiger partial charge in [-0.1, -0.05) is 12.1 Å². The second kappa shape index (κ2) is 9.26. The first-order valence-corrected chi connectivity index (χ1v) is 10.7. The van der Waals surface area contributed by atoms with Crippen LogP contribution in [0.1, 0.15) is 34.5 Å². The molecular formula is C23H29N7O. The van der Waals surface area contributed by atoms with Gasteiger partial charge in [-0.3, -0.25) is 4.79 Å². The molecule has 4 rings (SSSR count). The maximum Gasteiger partial charge on any atom is 0.273 e. The van der Waals surface area contributed by atoms with Crippen LogP contribution < -0.4 is 16.4 Å². The molecule has 0 atom stereocenters. The summed E-state index contributed by atoms with van der Waals surface area (Å²) in [5, 5.41) is 8.29. The molecule has 1 fully saturated rings. The standard InChI is InChI=1S/C23H29N7O/c1-15-17(3-4-19-18(15)5-8-26-21(19)24)14-29-23(31)20-22(27-10-9-25-20)28-13-16-6-11-30(2)12-7-16/h3-5,8-10,16H,6-7,11-14H2,1-2H3,(H2,24,26)(H,27,28)(H,29,31). The van der Waals surface area contributed by atoms with Crippen molar-refractivity contribution in [2.45, 2.75) is 26.3 Å². The number of amides is 1. The molecule has 0 radical (unpaired) electrons. The fourth-order valence-electron chi connectivity index (χ4n) is 4.06. The lowest BCUT2D eigenvalue weighted by atomic mass is 9.97. The highest BCUT2D eigenvalue weighted by molar-refractivity contribution is 5.97. The molecule has 2 aromatic heterocycles. The van der Waals surface area contributed by atoms with Gasteiger partial charge in [-0.15, -0.1) is 0 Å². The Labute approximate surface area is 182 Å². The zero-order valence-electron chi connectivity index (χ0n) is 18.1. The number of nitrogens with two attached hydrogens (primary N) is 1. The summed E-state index contributed by atoms with van der Waals surface area (Å²) in [5.74, 6) is 1.38. The van der Waals surface area contributed by atoms with Crippen molar-refractivity contribution in [2.24, 2.45) is 5.92 Å². The predicted molar refractivity (Wildman–Crippen MR) is 123 cm³/mol. The number of fused-ring (bicyclic) bond motifs is 1. The third-order valence-corrected chi connectivity index (χ3v) is 6.11. The SMILES string of the molecule is Cc1c(CNC(=O)c2nccnc2NCC2CCN(C)CC2)ccc2c(N)nccc12. The Bertz CT molecular complexity index is 1080. The summed E-state index contributed by atoms with van der Waals surface area (Å²) >= 11 is 0. The second-order valence-electron chi connectivity index (χ2n) is 8.20. The van der Waals surface area contributed by atoms with E-state index in [1.165, 1.54) is 0 Å². The lowest BCUT2D eigenvalue weighted by Crippen LogP contribution is -2.33. The van der Waals surface area contributed by atoms with Gasteiger partial charge in [0, 0.05) is 37.1 Å². The monoisotopic (exact) mass is 419 g/mol. The molecule has 8 nitrogen and oxygen atoms in total. The van der Waals surface area contributed by atoms with E-state index in [1.54, 1.807) is 18.6 Å². The number of piperidine rings is 1. The maximum atomic E-state index is 12.9. The maximum absolute atomic E-state index is 12.9. The van der Waals surface area contributed by atoms with Crippen LogP contribution in [0.25, 0.3) is 10.8 Å². The van der Waals surface area contributed by atoms with E-state index in [1.807, 2.05) is 25.1 Å². The molecular weight excluding hydrogens is 390 g/mol. The van der Waals surface area contributed by atoms with Crippen LogP contribution in [0, 0.1) is 12.8 Å². The molecule has 0 saturated carbocycles. The van der Waals surface area contributed by atoms with E-state index >= 15 is 0 Å². The molecule has 0 bridgehead atoms. The van der Waals surface area contributed by atoms with Crippen LogP contribution in [0.4, 0.5) is 11.6 Å². The molecule has 31 heavy (non-hydrogen) atoms. The van der Waals surface area contributed by atoms with Crippen molar-refractivity contribution >= 4 is 28.3 Å². The molecule has 162 valence electrons. The quantitative estimate of drug-likeness (QED) is 0.563. The van der Waals surface area contributed by atoms with Crippen LogP contribution in [0.5, 0.6) is 0 Å². The number of rotatable bonds is 6. The number of hydrogen-bond donors (Lipinski definition) is 3. The Morgan fingerprint density at radius 2 is 1.87 bits per heavy atom. The highest BCUT2D eigenvalue weighted by atomic mass is 16.1. The molecule has 1 aromatic carbocycles. The first kappa shape index (κ1) is 21.0. The van der Waals surface area contributed by atoms with E-state index in [-0.39, 0.29) is 5.91 Å². The fraction of sp³-hybridized carbons (Fsp3) is 0.391. The third-order valence-electron chi connectivity index (χ3n) is 6.11. The lowest BCUT2D eigenvalue weighted by molar-refractivity contribution is 0.0946. The molecule has 0 unspecified atom stereocenters. The smallest absolute Gasteiger partial charge is 0.273 e. The number of pyridine rings is 1. The Kier molecular flexibility index (Phi) is 6.27. The number of anilines is 2. The summed E-state index contributed by atoms with van der Waals surface area (Å²) in [5.41, 5.74) is 8.40. The van der Waals surface area contributed by atoms with Gasteiger partial charge in [0.25, 0.3) is 5.91 Å². The topological polar surface area (TPSA) is 109 Å². The number of benzene rings is 1. The Morgan fingerprint density at radius 3 is 2.68 bits per heavy atom. The molecule has 3 heterocycles. The fourth-order valence-corrected chi connectivity index (χ4v) is 4.06. The average Bonchev–Trinajstić information content (AvgIpc) is 2.79. The van der Waals surface area contributed by atoms with Crippen molar-refractivity contribution in [3.05, 3.63) is 53.6 Å². The van der Waals surface area contributed by atoms with Gasteiger partial charge < -0.3 is 21.3 Å². The van der Waals surface area contributed by atoms with Gasteiger partial charge in [-0.25, -0.2) is 15.0 Å². The van der Waals surface area contributed by atoms with Gasteiger partial charge in [0.15, 0.2) is 11.5 Å². The number of aromatic nitrogens is 3. The number of aryl methyl sites for hydroxylation is 1. The highest BCUT2D eigenvalue weighted by Crippen LogP contribution is 2.25. The van der Waals surface area contributed by atoms with E-state index in [0.717, 1.165) is 54.4 Å². The average molecular weight is 420 g/mol. The number of hydrogen-bond acceptors (Lipinski definition) is 7. The summed E-state index contributed by atoms with van der Waals surface area (Å²) < 4.78 is 0. The van der Waals surface area contributed by atoms with Crippen LogP contribution in [0.2, 0.25) is 0 Å². The number of nitrogens with one attached hydrogen (secondary N) is 2. The van der Waals surface area contributed by atoms with Crippen molar-refractivity contribution in [3.63, 3.8) is 0 Å². The minimum absolute atomic E-state index is 0.243. The number of carbonyl (C=O) groups excluding carboxylic acids is 1. The number of nitrogens with zero attached hydrogens (tertiary/aromatic N) is 4. The Balaban J connectivity index is 1.42. The molecule has 4 N–H and O–H groups in total. The van der Waals surface area contributed by atoms with Gasteiger partial charge in [0.1, 0.15) is 5.82 Å². The molecule has 1 amide bonds. The van der Waals surface area contributed by atoms with Gasteiger partial charge >= 0.3 is 0 Å². The predicted octanol–water partition coefficient (Wildman–Crippen LogP) is 2.60. The van der Waals surface area contributed by atoms with Gasteiger partial charge in [-0.05, 0) is 68.4 Å². The van der Waals surface area contributed by atoms with Crippen LogP contribution in [0.15, 0.2) is 36.8 Å². The van der Waals surface area contributed by atoms with E-state index in [2.05, 4.69) is 37.5 Å². The lowest BCUT2D eigenvalue weighted by Gasteiger charge is -2.29. The number of carbonyl (C=O) groups is 1. The molecule has 1 aliphatic rings. The molecule has 1 aliphatic heterocycles. The van der Waals surface area contributed by atoms with Crippen molar-refractivity contribution < 1.29 is 4.79 Å². The molecule has 3 aromatic rings. The third kappa shape index (κ3) is 4.74. The van der Waals surface area contributed by atoms with Gasteiger partial charge in [-0.2, -0.15) is 0 Å². The summed E-state index contributed by atoms with van der Waals surface area (Å²) in [4.78, 5) is 28.0. The first-order chi connectivity index (χ1) is 15.0. The molecule has 8 heteroatoms. The van der Waals surface area contributed by atoms with Crippen LogP contribution in [0.3, 0.4) is 0 Å². The normalized spacial score (nSPS) is 15.2. The van der Waals surface area contributed by atoms with E-state index in [9.17, 15) is 4.79 Å². The zero-order chi connectivity index (χ0) is 21.8. The zero-order valence-corrected chi connectivity index (χ0v) is 18.1. The molecule has 0 aliphatic carbocycles. The largest absolute Gasteiger partial charge is 0.383 e. The number of nitrogen functional groups attached to an aromatic ring is 1. The van der Waals surface area contributed by atoms with Gasteiger partial charge in [0.2, 0.25) is 0 Å². The van der Waals surface area contributed by atoms with Crippen molar-refractivity contribution in [1.82, 2.24) is 25.2 Å². The molecule has 1 saturated heterocycles. The molecule has 0 spiro atoms. The first-order valence-electron chi connectivity index (χ1n) is 10.7. The van der Waals surface area contributed by atoms with Crippen LogP contribution in [-0.4, -0.2) is 52.4 Å². The summed E-state index contributed by atoms with van der Waals surface area (Å²) in [6.07, 6.45) is 7.15. The van der Waals surface area contributed by atoms with Crippen LogP contribution >= 0.6 is 0 Å². The van der Waals surface area contributed by atoms with Crippen molar-refractivity contribution in [2.75, 3.05) is 37.7 Å². The van der Waals surface area contributed by atoms with E-state index in [0.29, 0.717) is 29.8 Å². The minimum Gasteiger partial charge on any atom is -0.383 e. The van der Waals surface area contributed by atoms with E-state index < -0.39 is 0 Å². The van der Waals surface area contributed by atoms with Crippen molar-refractivity contribution in [1.29, 1.82) is 0 Å². The van der Waals surface area contributed by atoms with Crippen molar-refractivity contribution in [3.8, 4) is 0 Å². The Morgan fingerprint density at radius 1 is 1.10 bits per heavy atom. The highest BCUT2D eigenvalue weighted by Gasteiger charge is 2.19. The van der Waals surface area contributed by atoms with E-state index in [4.69, 9.17) is 5.73 Å². The second-order valence-corrected chi connectivity index (χ2v) is 8.20. The number of likely N-dealkylation sites (tertiary alicyclic amines) is 1. The minimum atomic E-state index is -0.243.